The summed E-state index contributed by atoms with van der Waals surface area (Å²) in [7, 11) is -3.39. The van der Waals surface area contributed by atoms with Crippen LogP contribution in [0.1, 0.15) is 11.1 Å². The smallest absolute Gasteiger partial charge is 0.369 e. The van der Waals surface area contributed by atoms with Crippen LogP contribution in [0.15, 0.2) is 54.6 Å². The van der Waals surface area contributed by atoms with Gasteiger partial charge >= 0.3 is 6.18 Å². The standard InChI is InChI=1S/C19H21F3N2O2S/c20-19(21,22)17-7-4-8-18(15-17)23-10-12-24(13-11-23)27(25,26)14-9-16-5-2-1-3-6-16/h1-8,15H,9-14H2. The average Bonchev–Trinajstić information content (AvgIpc) is 2.67. The Labute approximate surface area is 157 Å². The maximum atomic E-state index is 12.9. The quantitative estimate of drug-likeness (QED) is 0.775. The van der Waals surface area contributed by atoms with Gasteiger partial charge in [0.05, 0.1) is 11.3 Å². The van der Waals surface area contributed by atoms with Crippen molar-refractivity contribution < 1.29 is 21.6 Å². The first kappa shape index (κ1) is 19.7. The number of benzene rings is 2. The van der Waals surface area contributed by atoms with Crippen LogP contribution in [0.25, 0.3) is 0 Å². The molecule has 1 fully saturated rings. The molecule has 0 aromatic heterocycles. The highest BCUT2D eigenvalue weighted by Crippen LogP contribution is 2.32. The van der Waals surface area contributed by atoms with Gasteiger partial charge in [-0.1, -0.05) is 36.4 Å². The molecule has 0 amide bonds. The second-order valence-corrected chi connectivity index (χ2v) is 8.57. The Morgan fingerprint density at radius 3 is 2.19 bits per heavy atom. The lowest BCUT2D eigenvalue weighted by molar-refractivity contribution is -0.137. The van der Waals surface area contributed by atoms with Gasteiger partial charge in [0.25, 0.3) is 0 Å². The van der Waals surface area contributed by atoms with Gasteiger partial charge in [-0.2, -0.15) is 17.5 Å². The molecule has 1 heterocycles. The molecule has 0 unspecified atom stereocenters. The molecule has 0 saturated carbocycles. The first-order valence-corrected chi connectivity index (χ1v) is 10.3. The number of sulfonamides is 1. The zero-order chi connectivity index (χ0) is 19.5. The highest BCUT2D eigenvalue weighted by Gasteiger charge is 2.32. The molecule has 0 spiro atoms. The van der Waals surface area contributed by atoms with Crippen molar-refractivity contribution in [1.29, 1.82) is 0 Å². The number of nitrogens with zero attached hydrogens (tertiary/aromatic N) is 2. The van der Waals surface area contributed by atoms with Crippen LogP contribution >= 0.6 is 0 Å². The van der Waals surface area contributed by atoms with Crippen molar-refractivity contribution in [1.82, 2.24) is 4.31 Å². The fraction of sp³-hybridized carbons (Fsp3) is 0.368. The number of halogens is 3. The van der Waals surface area contributed by atoms with E-state index in [0.717, 1.165) is 17.7 Å². The van der Waals surface area contributed by atoms with E-state index in [1.807, 2.05) is 30.3 Å². The minimum absolute atomic E-state index is 0.0283. The van der Waals surface area contributed by atoms with Crippen LogP contribution in [0.2, 0.25) is 0 Å². The summed E-state index contributed by atoms with van der Waals surface area (Å²) in [6, 6.07) is 14.5. The Balaban J connectivity index is 1.60. The van der Waals surface area contributed by atoms with Crippen molar-refractivity contribution in [3.05, 3.63) is 65.7 Å². The maximum Gasteiger partial charge on any atom is 0.416 e. The summed E-state index contributed by atoms with van der Waals surface area (Å²) in [4.78, 5) is 1.79. The minimum Gasteiger partial charge on any atom is -0.369 e. The van der Waals surface area contributed by atoms with E-state index in [0.29, 0.717) is 25.2 Å². The first-order valence-electron chi connectivity index (χ1n) is 8.70. The molecular formula is C19H21F3N2O2S. The average molecular weight is 398 g/mol. The number of rotatable bonds is 5. The Morgan fingerprint density at radius 2 is 1.56 bits per heavy atom. The van der Waals surface area contributed by atoms with E-state index in [2.05, 4.69) is 0 Å². The van der Waals surface area contributed by atoms with Gasteiger partial charge in [-0.3, -0.25) is 0 Å². The van der Waals surface area contributed by atoms with Gasteiger partial charge in [-0.15, -0.1) is 0 Å². The van der Waals surface area contributed by atoms with Crippen molar-refractivity contribution in [2.24, 2.45) is 0 Å². The predicted molar refractivity (Wildman–Crippen MR) is 99.2 cm³/mol. The van der Waals surface area contributed by atoms with Crippen LogP contribution in [0.3, 0.4) is 0 Å². The SMILES string of the molecule is O=S(=O)(CCc1ccccc1)N1CCN(c2cccc(C(F)(F)F)c2)CC1. The molecule has 0 aliphatic carbocycles. The van der Waals surface area contributed by atoms with Gasteiger partial charge in [0.15, 0.2) is 0 Å². The lowest BCUT2D eigenvalue weighted by atomic mass is 10.1. The van der Waals surface area contributed by atoms with Gasteiger partial charge in [-0.25, -0.2) is 8.42 Å². The summed E-state index contributed by atoms with van der Waals surface area (Å²) in [5, 5.41) is 0. The summed E-state index contributed by atoms with van der Waals surface area (Å²) in [5.74, 6) is 0.0283. The fourth-order valence-corrected chi connectivity index (χ4v) is 4.60. The van der Waals surface area contributed by atoms with E-state index < -0.39 is 21.8 Å². The topological polar surface area (TPSA) is 40.6 Å². The third-order valence-corrected chi connectivity index (χ3v) is 6.53. The molecule has 0 N–H and O–H groups in total. The number of hydrogen-bond acceptors (Lipinski definition) is 3. The van der Waals surface area contributed by atoms with Crippen LogP contribution in [0.4, 0.5) is 18.9 Å². The summed E-state index contributed by atoms with van der Waals surface area (Å²) in [5.41, 5.74) is 0.729. The Bertz CT molecular complexity index is 862. The van der Waals surface area contributed by atoms with E-state index in [4.69, 9.17) is 0 Å². The molecule has 1 aliphatic heterocycles. The summed E-state index contributed by atoms with van der Waals surface area (Å²) in [6.45, 7) is 1.28. The Kier molecular flexibility index (Phi) is 5.76. The van der Waals surface area contributed by atoms with Gasteiger partial charge in [-0.05, 0) is 30.2 Å². The van der Waals surface area contributed by atoms with E-state index in [-0.39, 0.29) is 18.8 Å². The summed E-state index contributed by atoms with van der Waals surface area (Å²) in [6.07, 6.45) is -3.95. The van der Waals surface area contributed by atoms with Crippen LogP contribution in [0.5, 0.6) is 0 Å². The fourth-order valence-electron chi connectivity index (χ4n) is 3.12. The van der Waals surface area contributed by atoms with Crippen LogP contribution in [-0.4, -0.2) is 44.7 Å². The molecule has 8 heteroatoms. The highest BCUT2D eigenvalue weighted by molar-refractivity contribution is 7.89. The van der Waals surface area contributed by atoms with Gasteiger partial charge in [0, 0.05) is 31.9 Å². The largest absolute Gasteiger partial charge is 0.416 e. The van der Waals surface area contributed by atoms with E-state index in [9.17, 15) is 21.6 Å². The molecule has 1 aliphatic rings. The van der Waals surface area contributed by atoms with Gasteiger partial charge in [0.1, 0.15) is 0 Å². The van der Waals surface area contributed by atoms with Crippen LogP contribution < -0.4 is 4.90 Å². The molecule has 2 aromatic rings. The zero-order valence-electron chi connectivity index (χ0n) is 14.7. The second kappa shape index (κ2) is 7.90. The molecule has 4 nitrogen and oxygen atoms in total. The normalized spacial score (nSPS) is 16.5. The molecule has 3 rings (SSSR count). The molecule has 27 heavy (non-hydrogen) atoms. The zero-order valence-corrected chi connectivity index (χ0v) is 15.5. The molecular weight excluding hydrogens is 377 g/mol. The third kappa shape index (κ3) is 5.01. The minimum atomic E-state index is -4.39. The van der Waals surface area contributed by atoms with Crippen molar-refractivity contribution in [3.8, 4) is 0 Å². The number of aryl methyl sites for hydroxylation is 1. The highest BCUT2D eigenvalue weighted by atomic mass is 32.2. The van der Waals surface area contributed by atoms with Crippen molar-refractivity contribution in [2.75, 3.05) is 36.8 Å². The van der Waals surface area contributed by atoms with Crippen molar-refractivity contribution in [2.45, 2.75) is 12.6 Å². The summed E-state index contributed by atoms with van der Waals surface area (Å²) < 4.78 is 65.1. The number of piperazine rings is 1. The predicted octanol–water partition coefficient (Wildman–Crippen LogP) is 3.40. The second-order valence-electron chi connectivity index (χ2n) is 6.49. The van der Waals surface area contributed by atoms with Crippen LogP contribution in [-0.2, 0) is 22.6 Å². The number of hydrogen-bond donors (Lipinski definition) is 0. The lowest BCUT2D eigenvalue weighted by Gasteiger charge is -2.35. The summed E-state index contributed by atoms with van der Waals surface area (Å²) >= 11 is 0. The number of anilines is 1. The number of alkyl halides is 3. The molecule has 2 aromatic carbocycles. The first-order chi connectivity index (χ1) is 12.8. The monoisotopic (exact) mass is 398 g/mol. The van der Waals surface area contributed by atoms with E-state index in [1.54, 1.807) is 11.0 Å². The Morgan fingerprint density at radius 1 is 0.889 bits per heavy atom. The van der Waals surface area contributed by atoms with Crippen LogP contribution in [0, 0.1) is 0 Å². The van der Waals surface area contributed by atoms with E-state index in [1.165, 1.54) is 10.4 Å². The molecule has 0 radical (unpaired) electrons. The van der Waals surface area contributed by atoms with Crippen molar-refractivity contribution >= 4 is 15.7 Å². The molecule has 0 atom stereocenters. The van der Waals surface area contributed by atoms with Crippen molar-refractivity contribution in [3.63, 3.8) is 0 Å². The molecule has 1 saturated heterocycles. The third-order valence-electron chi connectivity index (χ3n) is 4.66. The lowest BCUT2D eigenvalue weighted by Crippen LogP contribution is -2.49. The maximum absolute atomic E-state index is 12.9. The van der Waals surface area contributed by atoms with Gasteiger partial charge in [0.2, 0.25) is 10.0 Å². The molecule has 146 valence electrons. The van der Waals surface area contributed by atoms with Gasteiger partial charge < -0.3 is 4.90 Å². The Hall–Kier alpha value is -2.06. The molecule has 0 bridgehead atoms. The van der Waals surface area contributed by atoms with E-state index >= 15 is 0 Å².